The van der Waals surface area contributed by atoms with Crippen molar-refractivity contribution in [2.24, 2.45) is 0 Å². The van der Waals surface area contributed by atoms with Gasteiger partial charge in [-0.3, -0.25) is 4.79 Å². The van der Waals surface area contributed by atoms with Crippen molar-refractivity contribution in [3.8, 4) is 0 Å². The molecule has 0 radical (unpaired) electrons. The van der Waals surface area contributed by atoms with Gasteiger partial charge in [-0.25, -0.2) is 9.18 Å². The van der Waals surface area contributed by atoms with Crippen LogP contribution >= 0.6 is 0 Å². The van der Waals surface area contributed by atoms with E-state index in [-0.39, 0.29) is 24.5 Å². The van der Waals surface area contributed by atoms with Crippen LogP contribution in [0.15, 0.2) is 41.0 Å². The number of halogens is 1. The number of aromatic carboxylic acids is 1. The Morgan fingerprint density at radius 3 is 2.78 bits per heavy atom. The lowest BCUT2D eigenvalue weighted by atomic mass is 10.1. The molecule has 120 valence electrons. The monoisotopic (exact) mass is 319 g/mol. The van der Waals surface area contributed by atoms with Crippen LogP contribution in [0.1, 0.15) is 32.6 Å². The highest BCUT2D eigenvalue weighted by atomic mass is 19.1. The lowest BCUT2D eigenvalue weighted by Crippen LogP contribution is -2.42. The SMILES string of the molecule is O=C(O)c1coc(C(=O)N2CCOC(c3ccccc3F)C2)c1. The zero-order valence-corrected chi connectivity index (χ0v) is 12.1. The van der Waals surface area contributed by atoms with Crippen LogP contribution in [0.2, 0.25) is 0 Å². The molecule has 0 saturated carbocycles. The molecule has 2 aromatic rings. The summed E-state index contributed by atoms with van der Waals surface area (Å²) in [7, 11) is 0. The first-order chi connectivity index (χ1) is 11.1. The summed E-state index contributed by atoms with van der Waals surface area (Å²) < 4.78 is 24.4. The average Bonchev–Trinajstić information content (AvgIpc) is 3.05. The van der Waals surface area contributed by atoms with Gasteiger partial charge in [0.05, 0.1) is 18.7 Å². The number of carboxylic acid groups (broad SMARTS) is 1. The smallest absolute Gasteiger partial charge is 0.338 e. The summed E-state index contributed by atoms with van der Waals surface area (Å²) in [6.07, 6.45) is 0.451. The topological polar surface area (TPSA) is 80.0 Å². The Labute approximate surface area is 131 Å². The quantitative estimate of drug-likeness (QED) is 0.939. The van der Waals surface area contributed by atoms with E-state index in [0.29, 0.717) is 12.1 Å². The molecule has 1 N–H and O–H groups in total. The third kappa shape index (κ3) is 3.09. The normalized spacial score (nSPS) is 18.0. The van der Waals surface area contributed by atoms with E-state index >= 15 is 0 Å². The number of benzene rings is 1. The maximum atomic E-state index is 13.9. The molecule has 1 aromatic carbocycles. The zero-order valence-electron chi connectivity index (χ0n) is 12.1. The predicted molar refractivity (Wildman–Crippen MR) is 76.7 cm³/mol. The lowest BCUT2D eigenvalue weighted by Gasteiger charge is -2.32. The Morgan fingerprint density at radius 1 is 1.30 bits per heavy atom. The molecule has 1 aliphatic heterocycles. The van der Waals surface area contributed by atoms with E-state index in [1.54, 1.807) is 18.2 Å². The molecule has 1 aromatic heterocycles. The van der Waals surface area contributed by atoms with Crippen LogP contribution in [-0.4, -0.2) is 41.6 Å². The van der Waals surface area contributed by atoms with Crippen LogP contribution in [0.3, 0.4) is 0 Å². The fraction of sp³-hybridized carbons (Fsp3) is 0.250. The average molecular weight is 319 g/mol. The molecular weight excluding hydrogens is 305 g/mol. The number of carbonyl (C=O) groups excluding carboxylic acids is 1. The molecule has 1 aliphatic rings. The summed E-state index contributed by atoms with van der Waals surface area (Å²) in [6, 6.07) is 7.42. The molecule has 0 aliphatic carbocycles. The van der Waals surface area contributed by atoms with Crippen molar-refractivity contribution in [2.45, 2.75) is 6.10 Å². The highest BCUT2D eigenvalue weighted by molar-refractivity contribution is 5.95. The van der Waals surface area contributed by atoms with Crippen molar-refractivity contribution in [1.82, 2.24) is 4.90 Å². The number of morpholine rings is 1. The molecule has 3 rings (SSSR count). The summed E-state index contributed by atoms with van der Waals surface area (Å²) in [5.41, 5.74) is 0.294. The van der Waals surface area contributed by atoms with Crippen molar-refractivity contribution < 1.29 is 28.2 Å². The minimum absolute atomic E-state index is 0.0587. The van der Waals surface area contributed by atoms with Crippen LogP contribution < -0.4 is 0 Å². The first-order valence-corrected chi connectivity index (χ1v) is 7.03. The largest absolute Gasteiger partial charge is 0.478 e. The molecule has 0 spiro atoms. The molecule has 23 heavy (non-hydrogen) atoms. The summed E-state index contributed by atoms with van der Waals surface area (Å²) in [5.74, 6) is -2.06. The van der Waals surface area contributed by atoms with Gasteiger partial charge in [0.25, 0.3) is 5.91 Å². The Bertz CT molecular complexity index is 742. The summed E-state index contributed by atoms with van der Waals surface area (Å²) in [4.78, 5) is 24.7. The number of carboxylic acids is 1. The maximum Gasteiger partial charge on any atom is 0.338 e. The van der Waals surface area contributed by atoms with E-state index in [4.69, 9.17) is 14.3 Å². The highest BCUT2D eigenvalue weighted by Crippen LogP contribution is 2.25. The Balaban J connectivity index is 1.76. The van der Waals surface area contributed by atoms with Crippen molar-refractivity contribution in [1.29, 1.82) is 0 Å². The third-order valence-electron chi connectivity index (χ3n) is 3.66. The molecule has 6 nitrogen and oxygen atoms in total. The lowest BCUT2D eigenvalue weighted by molar-refractivity contribution is -0.0252. The van der Waals surface area contributed by atoms with Crippen LogP contribution in [0, 0.1) is 5.82 Å². The number of hydrogen-bond acceptors (Lipinski definition) is 4. The van der Waals surface area contributed by atoms with Crippen molar-refractivity contribution in [2.75, 3.05) is 19.7 Å². The first kappa shape index (κ1) is 15.2. The van der Waals surface area contributed by atoms with Gasteiger partial charge < -0.3 is 19.2 Å². The zero-order chi connectivity index (χ0) is 16.4. The third-order valence-corrected chi connectivity index (χ3v) is 3.66. The standard InChI is InChI=1S/C16H14FNO5/c17-12-4-2-1-3-11(12)14-8-18(5-6-22-14)15(19)13-7-10(9-23-13)16(20)21/h1-4,7,9,14H,5-6,8H2,(H,20,21). The molecule has 1 saturated heterocycles. The van der Waals surface area contributed by atoms with Gasteiger partial charge in [-0.1, -0.05) is 18.2 Å². The van der Waals surface area contributed by atoms with E-state index in [1.165, 1.54) is 17.0 Å². The van der Waals surface area contributed by atoms with Crippen molar-refractivity contribution in [3.05, 3.63) is 59.3 Å². The number of ether oxygens (including phenoxy) is 1. The molecule has 1 amide bonds. The van der Waals surface area contributed by atoms with Crippen molar-refractivity contribution in [3.63, 3.8) is 0 Å². The molecule has 0 bridgehead atoms. The van der Waals surface area contributed by atoms with Crippen LogP contribution in [0.4, 0.5) is 4.39 Å². The van der Waals surface area contributed by atoms with E-state index in [2.05, 4.69) is 0 Å². The van der Waals surface area contributed by atoms with Gasteiger partial charge in [-0.15, -0.1) is 0 Å². The fourth-order valence-electron chi connectivity index (χ4n) is 2.47. The van der Waals surface area contributed by atoms with Gasteiger partial charge in [0.15, 0.2) is 5.76 Å². The summed E-state index contributed by atoms with van der Waals surface area (Å²) >= 11 is 0. The molecule has 7 heteroatoms. The summed E-state index contributed by atoms with van der Waals surface area (Å²) in [5, 5.41) is 8.86. The van der Waals surface area contributed by atoms with E-state index < -0.39 is 23.8 Å². The van der Waals surface area contributed by atoms with Gasteiger partial charge in [-0.2, -0.15) is 0 Å². The molecule has 1 fully saturated rings. The number of nitrogens with zero attached hydrogens (tertiary/aromatic N) is 1. The second-order valence-electron chi connectivity index (χ2n) is 5.14. The van der Waals surface area contributed by atoms with E-state index in [9.17, 15) is 14.0 Å². The Hall–Kier alpha value is -2.67. The Morgan fingerprint density at radius 2 is 2.09 bits per heavy atom. The van der Waals surface area contributed by atoms with Crippen LogP contribution in [0.25, 0.3) is 0 Å². The second kappa shape index (κ2) is 6.21. The van der Waals surface area contributed by atoms with E-state index in [0.717, 1.165) is 6.26 Å². The van der Waals surface area contributed by atoms with Gasteiger partial charge in [0.2, 0.25) is 0 Å². The van der Waals surface area contributed by atoms with Gasteiger partial charge >= 0.3 is 5.97 Å². The molecule has 1 unspecified atom stereocenters. The first-order valence-electron chi connectivity index (χ1n) is 7.03. The second-order valence-corrected chi connectivity index (χ2v) is 5.14. The maximum absolute atomic E-state index is 13.9. The summed E-state index contributed by atoms with van der Waals surface area (Å²) in [6.45, 7) is 0.757. The predicted octanol–water partition coefficient (Wildman–Crippen LogP) is 2.33. The number of rotatable bonds is 3. The number of carbonyl (C=O) groups is 2. The number of hydrogen-bond donors (Lipinski definition) is 1. The minimum atomic E-state index is -1.17. The fourth-order valence-corrected chi connectivity index (χ4v) is 2.47. The van der Waals surface area contributed by atoms with Crippen molar-refractivity contribution >= 4 is 11.9 Å². The van der Waals surface area contributed by atoms with E-state index in [1.807, 2.05) is 0 Å². The number of amides is 1. The molecular formula is C16H14FNO5. The Kier molecular flexibility index (Phi) is 4.12. The van der Waals surface area contributed by atoms with Crippen LogP contribution in [-0.2, 0) is 4.74 Å². The minimum Gasteiger partial charge on any atom is -0.478 e. The van der Waals surface area contributed by atoms with Gasteiger partial charge in [0, 0.05) is 18.2 Å². The van der Waals surface area contributed by atoms with Gasteiger partial charge in [0.1, 0.15) is 18.2 Å². The highest BCUT2D eigenvalue weighted by Gasteiger charge is 2.29. The molecule has 1 atom stereocenters. The van der Waals surface area contributed by atoms with Gasteiger partial charge in [-0.05, 0) is 6.07 Å². The molecule has 2 heterocycles. The van der Waals surface area contributed by atoms with Crippen LogP contribution in [0.5, 0.6) is 0 Å². The number of furan rings is 1.